The van der Waals surface area contributed by atoms with Gasteiger partial charge < -0.3 is 0 Å². The first-order valence-corrected chi connectivity index (χ1v) is 23.3. The minimum atomic E-state index is -0.238. The van der Waals surface area contributed by atoms with E-state index in [2.05, 4.69) is 199 Å². The molecular weight excluding hydrogens is 769 g/mol. The first-order valence-electron chi connectivity index (χ1n) is 23.3. The van der Waals surface area contributed by atoms with Crippen LogP contribution in [0.4, 0.5) is 0 Å². The summed E-state index contributed by atoms with van der Waals surface area (Å²) in [6.45, 7) is 16.7. The standard InChI is InChI=1S/C33H30.C31H26/c1-5-25-9-13-27(14-10-25)21-33(22-28-15-11-26(6-2)12-16-28)31-19-23(3)7-17-29(31)30-18-8-24(4)20-32(30)33;1-19-3-13-27-28-14-4-20(2)16-30(28)31(29(27)15-19,25-11-9-21-5-7-23(21)17-25)26-12-10-22-6-8-24(22)18-26/h5-20H,1-2,21-22H2,3-4H3;3-4,9-18H,5-8H2,1-2H3. The molecule has 0 saturated carbocycles. The van der Waals surface area contributed by atoms with Crippen molar-refractivity contribution in [2.24, 2.45) is 0 Å². The van der Waals surface area contributed by atoms with Crippen LogP contribution in [0.5, 0.6) is 0 Å². The van der Waals surface area contributed by atoms with Crippen molar-refractivity contribution in [2.45, 2.75) is 77.0 Å². The van der Waals surface area contributed by atoms with Crippen LogP contribution < -0.4 is 0 Å². The summed E-state index contributed by atoms with van der Waals surface area (Å²) >= 11 is 0. The highest BCUT2D eigenvalue weighted by Crippen LogP contribution is 2.58. The van der Waals surface area contributed by atoms with E-state index in [0.29, 0.717) is 0 Å². The number of aryl methyl sites for hydroxylation is 8. The quantitative estimate of drug-likeness (QED) is 0.143. The zero-order chi connectivity index (χ0) is 43.7. The molecule has 0 unspecified atom stereocenters. The van der Waals surface area contributed by atoms with E-state index < -0.39 is 0 Å². The lowest BCUT2D eigenvalue weighted by Gasteiger charge is -2.37. The number of rotatable bonds is 8. The number of hydrogen-bond acceptors (Lipinski definition) is 0. The van der Waals surface area contributed by atoms with Crippen LogP contribution in [-0.4, -0.2) is 0 Å². The van der Waals surface area contributed by atoms with E-state index >= 15 is 0 Å². The van der Waals surface area contributed by atoms with Gasteiger partial charge >= 0.3 is 0 Å². The molecule has 0 nitrogen and oxygen atoms in total. The van der Waals surface area contributed by atoms with Crippen LogP contribution >= 0.6 is 0 Å². The van der Waals surface area contributed by atoms with E-state index in [9.17, 15) is 0 Å². The highest BCUT2D eigenvalue weighted by atomic mass is 14.5. The van der Waals surface area contributed by atoms with Gasteiger partial charge in [0.25, 0.3) is 0 Å². The molecule has 0 saturated heterocycles. The Kier molecular flexibility index (Phi) is 9.69. The Morgan fingerprint density at radius 1 is 0.375 bits per heavy atom. The topological polar surface area (TPSA) is 0 Å². The zero-order valence-corrected chi connectivity index (χ0v) is 37.8. The second kappa shape index (κ2) is 15.5. The van der Waals surface area contributed by atoms with Gasteiger partial charge in [0.15, 0.2) is 0 Å². The van der Waals surface area contributed by atoms with Crippen molar-refractivity contribution in [3.05, 3.63) is 271 Å². The normalized spacial score (nSPS) is 14.8. The van der Waals surface area contributed by atoms with Crippen molar-refractivity contribution in [3.63, 3.8) is 0 Å². The fourth-order valence-corrected chi connectivity index (χ4v) is 11.6. The summed E-state index contributed by atoms with van der Waals surface area (Å²) in [6.07, 6.45) is 10.6. The summed E-state index contributed by atoms with van der Waals surface area (Å²) in [6, 6.07) is 60.5. The molecule has 0 N–H and O–H groups in total. The van der Waals surface area contributed by atoms with E-state index in [1.54, 1.807) is 0 Å². The van der Waals surface area contributed by atoms with E-state index in [1.165, 1.54) is 137 Å². The lowest BCUT2D eigenvalue weighted by molar-refractivity contribution is 0.519. The van der Waals surface area contributed by atoms with Gasteiger partial charge in [0.1, 0.15) is 0 Å². The molecule has 0 radical (unpaired) electrons. The lowest BCUT2D eigenvalue weighted by Crippen LogP contribution is -2.31. The van der Waals surface area contributed by atoms with Crippen molar-refractivity contribution in [3.8, 4) is 22.3 Å². The Morgan fingerprint density at radius 2 is 0.719 bits per heavy atom. The summed E-state index contributed by atoms with van der Waals surface area (Å²) in [7, 11) is 0. The third kappa shape index (κ3) is 6.41. The summed E-state index contributed by atoms with van der Waals surface area (Å²) in [5, 5.41) is 0. The Morgan fingerprint density at radius 3 is 1.05 bits per heavy atom. The maximum Gasteiger partial charge on any atom is 0.0713 e. The van der Waals surface area contributed by atoms with Gasteiger partial charge in [-0.1, -0.05) is 205 Å². The van der Waals surface area contributed by atoms with Gasteiger partial charge in [-0.2, -0.15) is 0 Å². The number of hydrogen-bond donors (Lipinski definition) is 0. The molecule has 0 heterocycles. The average molecular weight is 825 g/mol. The molecular formula is C64H56. The van der Waals surface area contributed by atoms with Crippen LogP contribution in [0.2, 0.25) is 0 Å². The Bertz CT molecular complexity index is 2950. The third-order valence-electron chi connectivity index (χ3n) is 15.2. The highest BCUT2D eigenvalue weighted by Gasteiger charge is 2.47. The molecule has 0 aromatic heterocycles. The second-order valence-electron chi connectivity index (χ2n) is 19.2. The molecule has 0 atom stereocenters. The Balaban J connectivity index is 0.000000143. The fourth-order valence-electron chi connectivity index (χ4n) is 11.6. The monoisotopic (exact) mass is 824 g/mol. The van der Waals surface area contributed by atoms with Gasteiger partial charge in [-0.05, 0) is 166 Å². The molecule has 8 aromatic rings. The minimum absolute atomic E-state index is 0.117. The van der Waals surface area contributed by atoms with Crippen LogP contribution in [0.1, 0.15) is 100 Å². The highest BCUT2D eigenvalue weighted by molar-refractivity contribution is 5.87. The van der Waals surface area contributed by atoms with Gasteiger partial charge in [-0.15, -0.1) is 0 Å². The van der Waals surface area contributed by atoms with Crippen molar-refractivity contribution in [1.82, 2.24) is 0 Å². The average Bonchev–Trinajstić information content (AvgIpc) is 3.70. The van der Waals surface area contributed by atoms with Crippen LogP contribution in [0, 0.1) is 27.7 Å². The maximum atomic E-state index is 3.92. The van der Waals surface area contributed by atoms with E-state index in [1.807, 2.05) is 12.2 Å². The lowest BCUT2D eigenvalue weighted by atomic mass is 9.65. The first-order chi connectivity index (χ1) is 31.2. The first kappa shape index (κ1) is 40.0. The van der Waals surface area contributed by atoms with Crippen LogP contribution in [0.15, 0.2) is 171 Å². The van der Waals surface area contributed by atoms with Gasteiger partial charge in [0.05, 0.1) is 5.41 Å². The predicted molar refractivity (Wildman–Crippen MR) is 271 cm³/mol. The molecule has 0 spiro atoms. The summed E-state index contributed by atoms with van der Waals surface area (Å²) in [4.78, 5) is 0. The van der Waals surface area contributed by atoms with Crippen molar-refractivity contribution >= 4 is 12.2 Å². The van der Waals surface area contributed by atoms with E-state index in [4.69, 9.17) is 0 Å². The molecule has 4 aliphatic rings. The van der Waals surface area contributed by atoms with Gasteiger partial charge in [0.2, 0.25) is 0 Å². The zero-order valence-electron chi connectivity index (χ0n) is 37.8. The molecule has 12 rings (SSSR count). The van der Waals surface area contributed by atoms with Crippen molar-refractivity contribution in [1.29, 1.82) is 0 Å². The fraction of sp³-hybridized carbons (Fsp3) is 0.188. The largest absolute Gasteiger partial charge is 0.0985 e. The molecule has 64 heavy (non-hydrogen) atoms. The molecule has 0 bridgehead atoms. The van der Waals surface area contributed by atoms with Crippen LogP contribution in [-0.2, 0) is 49.4 Å². The third-order valence-corrected chi connectivity index (χ3v) is 15.2. The minimum Gasteiger partial charge on any atom is -0.0985 e. The van der Waals surface area contributed by atoms with Crippen molar-refractivity contribution < 1.29 is 0 Å². The van der Waals surface area contributed by atoms with Gasteiger partial charge in [0, 0.05) is 5.41 Å². The summed E-state index contributed by atoms with van der Waals surface area (Å²) in [5.41, 5.74) is 30.3. The van der Waals surface area contributed by atoms with E-state index in [0.717, 1.165) is 24.0 Å². The Labute approximate surface area is 380 Å². The SMILES string of the molecule is C=Cc1ccc(CC2(Cc3ccc(C=C)cc3)c3cc(C)ccc3-c3ccc(C)cc32)cc1.Cc1ccc2c(c1)C(c1ccc3c(c1)CC3)(c1ccc3c(c1)CC3)c1cc(C)ccc1-2. The molecule has 8 aromatic carbocycles. The molecule has 312 valence electrons. The number of benzene rings is 8. The number of fused-ring (bicyclic) bond motifs is 8. The smallest absolute Gasteiger partial charge is 0.0713 e. The van der Waals surface area contributed by atoms with Crippen molar-refractivity contribution in [2.75, 3.05) is 0 Å². The van der Waals surface area contributed by atoms with E-state index in [-0.39, 0.29) is 10.8 Å². The maximum absolute atomic E-state index is 3.92. The molecule has 0 heteroatoms. The second-order valence-corrected chi connectivity index (χ2v) is 19.2. The Hall–Kier alpha value is -6.76. The molecule has 0 amide bonds. The molecule has 0 fully saturated rings. The molecule has 4 aliphatic carbocycles. The summed E-state index contributed by atoms with van der Waals surface area (Å²) < 4.78 is 0. The van der Waals surface area contributed by atoms with Gasteiger partial charge in [-0.3, -0.25) is 0 Å². The van der Waals surface area contributed by atoms with Crippen LogP contribution in [0.3, 0.4) is 0 Å². The predicted octanol–water partition coefficient (Wildman–Crippen LogP) is 15.2. The van der Waals surface area contributed by atoms with Gasteiger partial charge in [-0.25, -0.2) is 0 Å². The van der Waals surface area contributed by atoms with Crippen LogP contribution in [0.25, 0.3) is 34.4 Å². The molecule has 0 aliphatic heterocycles. The summed E-state index contributed by atoms with van der Waals surface area (Å²) in [5.74, 6) is 0.